The maximum Gasteiger partial charge on any atom is 0.278 e. The lowest BCUT2D eigenvalue weighted by atomic mass is 10.1. The number of thiophene rings is 1. The van der Waals surface area contributed by atoms with Gasteiger partial charge in [-0.25, -0.2) is 0 Å². The van der Waals surface area contributed by atoms with Gasteiger partial charge in [-0.1, -0.05) is 48.0 Å². The first-order chi connectivity index (χ1) is 14.0. The third-order valence-electron chi connectivity index (χ3n) is 4.85. The van der Waals surface area contributed by atoms with Gasteiger partial charge in [-0.2, -0.15) is 0 Å². The number of nitrogens with one attached hydrogen (secondary N) is 1. The summed E-state index contributed by atoms with van der Waals surface area (Å²) in [6, 6.07) is 19.0. The highest BCUT2D eigenvalue weighted by atomic mass is 35.5. The normalized spacial score (nSPS) is 14.1. The first-order valence-electron chi connectivity index (χ1n) is 9.26. The smallest absolute Gasteiger partial charge is 0.278 e. The number of halogens is 1. The lowest BCUT2D eigenvalue weighted by molar-refractivity contribution is -0.136. The van der Waals surface area contributed by atoms with Crippen LogP contribution in [0.15, 0.2) is 71.7 Å². The average Bonchev–Trinajstić information content (AvgIpc) is 3.31. The van der Waals surface area contributed by atoms with Crippen molar-refractivity contribution in [2.24, 2.45) is 0 Å². The Hall–Kier alpha value is -2.89. The van der Waals surface area contributed by atoms with E-state index < -0.39 is 0 Å². The molecule has 6 heteroatoms. The van der Waals surface area contributed by atoms with Gasteiger partial charge in [0, 0.05) is 22.1 Å². The van der Waals surface area contributed by atoms with Crippen LogP contribution >= 0.6 is 22.9 Å². The van der Waals surface area contributed by atoms with Crippen molar-refractivity contribution in [1.82, 2.24) is 4.90 Å². The van der Waals surface area contributed by atoms with Crippen molar-refractivity contribution >= 4 is 46.0 Å². The van der Waals surface area contributed by atoms with Crippen LogP contribution < -0.4 is 5.32 Å². The molecule has 0 unspecified atom stereocenters. The molecule has 1 N–H and O–H groups in total. The fourth-order valence-corrected chi connectivity index (χ4v) is 4.33. The molecule has 0 aliphatic carbocycles. The van der Waals surface area contributed by atoms with Crippen LogP contribution in [0, 0.1) is 6.92 Å². The molecule has 146 valence electrons. The number of rotatable bonds is 6. The van der Waals surface area contributed by atoms with E-state index >= 15 is 0 Å². The molecule has 1 aromatic heterocycles. The molecule has 1 aliphatic heterocycles. The van der Waals surface area contributed by atoms with Crippen LogP contribution in [0.4, 0.5) is 5.69 Å². The summed E-state index contributed by atoms with van der Waals surface area (Å²) in [6.45, 7) is 2.25. The van der Waals surface area contributed by atoms with E-state index in [-0.39, 0.29) is 11.8 Å². The Balaban J connectivity index is 1.65. The number of hydrogen-bond donors (Lipinski definition) is 1. The number of carbonyl (C=O) groups is 2. The van der Waals surface area contributed by atoms with Crippen LogP contribution in [-0.2, 0) is 16.0 Å². The molecule has 29 heavy (non-hydrogen) atoms. The van der Waals surface area contributed by atoms with Crippen LogP contribution in [0.5, 0.6) is 0 Å². The van der Waals surface area contributed by atoms with E-state index in [2.05, 4.69) is 5.32 Å². The van der Waals surface area contributed by atoms with Gasteiger partial charge in [0.25, 0.3) is 11.8 Å². The number of hydrogen-bond acceptors (Lipinski definition) is 4. The van der Waals surface area contributed by atoms with Gasteiger partial charge in [0.15, 0.2) is 0 Å². The van der Waals surface area contributed by atoms with Crippen molar-refractivity contribution in [3.8, 4) is 0 Å². The third kappa shape index (κ3) is 3.97. The Kier molecular flexibility index (Phi) is 5.51. The molecule has 1 aliphatic rings. The Morgan fingerprint density at radius 3 is 2.48 bits per heavy atom. The summed E-state index contributed by atoms with van der Waals surface area (Å²) in [5.74, 6) is -0.564. The predicted octanol–water partition coefficient (Wildman–Crippen LogP) is 5.14. The Labute approximate surface area is 178 Å². The van der Waals surface area contributed by atoms with Crippen molar-refractivity contribution in [3.63, 3.8) is 0 Å². The van der Waals surface area contributed by atoms with E-state index in [1.807, 2.05) is 66.9 Å². The average molecular weight is 423 g/mol. The number of aryl methyl sites for hydroxylation is 1. The second-order valence-corrected chi connectivity index (χ2v) is 8.19. The molecule has 0 spiro atoms. The Bertz CT molecular complexity index is 1090. The number of amides is 2. The standard InChI is InChI=1S/C23H19ClN2O2S/c1-15-14-17(24)9-10-18(15)25-21-20(19-8-5-13-29-19)22(27)26(23(21)28)12-11-16-6-3-2-4-7-16/h2-10,13-14,25H,11-12H2,1H3. The topological polar surface area (TPSA) is 49.4 Å². The van der Waals surface area contributed by atoms with Crippen molar-refractivity contribution in [2.45, 2.75) is 13.3 Å². The van der Waals surface area contributed by atoms with E-state index in [1.54, 1.807) is 6.07 Å². The maximum atomic E-state index is 13.2. The monoisotopic (exact) mass is 422 g/mol. The minimum absolute atomic E-state index is 0.262. The molecule has 0 radical (unpaired) electrons. The first-order valence-corrected chi connectivity index (χ1v) is 10.5. The molecule has 0 saturated heterocycles. The molecule has 4 rings (SSSR count). The number of nitrogens with zero attached hydrogens (tertiary/aromatic N) is 1. The van der Waals surface area contributed by atoms with Crippen molar-refractivity contribution < 1.29 is 9.59 Å². The highest BCUT2D eigenvalue weighted by Gasteiger charge is 2.39. The van der Waals surface area contributed by atoms with Gasteiger partial charge in [0.05, 0.1) is 5.57 Å². The van der Waals surface area contributed by atoms with E-state index in [0.29, 0.717) is 29.3 Å². The number of carbonyl (C=O) groups excluding carboxylic acids is 2. The van der Waals surface area contributed by atoms with Gasteiger partial charge >= 0.3 is 0 Å². The van der Waals surface area contributed by atoms with Crippen molar-refractivity contribution in [3.05, 3.63) is 92.8 Å². The lowest BCUT2D eigenvalue weighted by Crippen LogP contribution is -2.34. The highest BCUT2D eigenvalue weighted by Crippen LogP contribution is 2.33. The Morgan fingerprint density at radius 1 is 1.00 bits per heavy atom. The third-order valence-corrected chi connectivity index (χ3v) is 5.97. The second-order valence-electron chi connectivity index (χ2n) is 6.81. The van der Waals surface area contributed by atoms with E-state index in [1.165, 1.54) is 16.2 Å². The van der Waals surface area contributed by atoms with Crippen LogP contribution in [0.3, 0.4) is 0 Å². The molecule has 4 nitrogen and oxygen atoms in total. The second kappa shape index (κ2) is 8.23. The summed E-state index contributed by atoms with van der Waals surface area (Å²) in [5.41, 5.74) is 3.48. The fourth-order valence-electron chi connectivity index (χ4n) is 3.33. The van der Waals surface area contributed by atoms with Gasteiger partial charge in [-0.05, 0) is 54.1 Å². The number of benzene rings is 2. The molecule has 0 bridgehead atoms. The molecule has 2 aromatic carbocycles. The summed E-state index contributed by atoms with van der Waals surface area (Å²) in [4.78, 5) is 28.5. The molecular weight excluding hydrogens is 404 g/mol. The van der Waals surface area contributed by atoms with Crippen molar-refractivity contribution in [1.29, 1.82) is 0 Å². The molecule has 0 atom stereocenters. The van der Waals surface area contributed by atoms with E-state index in [0.717, 1.165) is 21.7 Å². The quantitative estimate of drug-likeness (QED) is 0.559. The zero-order valence-corrected chi connectivity index (χ0v) is 17.4. The summed E-state index contributed by atoms with van der Waals surface area (Å²) < 4.78 is 0. The summed E-state index contributed by atoms with van der Waals surface area (Å²) in [6.07, 6.45) is 0.614. The predicted molar refractivity (Wildman–Crippen MR) is 118 cm³/mol. The number of imide groups is 1. The van der Waals surface area contributed by atoms with Gasteiger partial charge in [0.2, 0.25) is 0 Å². The van der Waals surface area contributed by atoms with Crippen LogP contribution in [0.25, 0.3) is 5.57 Å². The maximum absolute atomic E-state index is 13.2. The van der Waals surface area contributed by atoms with Gasteiger partial charge in [0.1, 0.15) is 5.70 Å². The molecule has 0 saturated carbocycles. The van der Waals surface area contributed by atoms with E-state index in [4.69, 9.17) is 11.6 Å². The van der Waals surface area contributed by atoms with E-state index in [9.17, 15) is 9.59 Å². The fraction of sp³-hybridized carbons (Fsp3) is 0.130. The zero-order chi connectivity index (χ0) is 20.4. The molecular formula is C23H19ClN2O2S. The largest absolute Gasteiger partial charge is 0.350 e. The number of anilines is 1. The minimum atomic E-state index is -0.302. The van der Waals surface area contributed by atoms with Crippen molar-refractivity contribution in [2.75, 3.05) is 11.9 Å². The zero-order valence-electron chi connectivity index (χ0n) is 15.8. The van der Waals surface area contributed by atoms with Crippen LogP contribution in [0.1, 0.15) is 16.0 Å². The minimum Gasteiger partial charge on any atom is -0.350 e. The summed E-state index contributed by atoms with van der Waals surface area (Å²) in [5, 5.41) is 5.72. The summed E-state index contributed by atoms with van der Waals surface area (Å²) in [7, 11) is 0. The summed E-state index contributed by atoms with van der Waals surface area (Å²) >= 11 is 7.50. The highest BCUT2D eigenvalue weighted by molar-refractivity contribution is 7.11. The molecule has 0 fully saturated rings. The molecule has 2 heterocycles. The lowest BCUT2D eigenvalue weighted by Gasteiger charge is -2.15. The van der Waals surface area contributed by atoms with Gasteiger partial charge in [-0.15, -0.1) is 11.3 Å². The first kappa shape index (κ1) is 19.4. The molecule has 2 amide bonds. The van der Waals surface area contributed by atoms with Crippen LogP contribution in [-0.4, -0.2) is 23.3 Å². The van der Waals surface area contributed by atoms with Crippen LogP contribution in [0.2, 0.25) is 5.02 Å². The van der Waals surface area contributed by atoms with Gasteiger partial charge < -0.3 is 5.32 Å². The molecule has 3 aromatic rings. The van der Waals surface area contributed by atoms with Gasteiger partial charge in [-0.3, -0.25) is 14.5 Å². The SMILES string of the molecule is Cc1cc(Cl)ccc1NC1=C(c2cccs2)C(=O)N(CCc2ccccc2)C1=O. The Morgan fingerprint density at radius 2 is 1.79 bits per heavy atom.